The van der Waals surface area contributed by atoms with Crippen LogP contribution in [0.2, 0.25) is 10.0 Å². The van der Waals surface area contributed by atoms with E-state index in [1.807, 2.05) is 32.0 Å². The van der Waals surface area contributed by atoms with E-state index in [2.05, 4.69) is 5.32 Å². The number of hydrogen-bond donors (Lipinski definition) is 1. The summed E-state index contributed by atoms with van der Waals surface area (Å²) < 4.78 is 4.99. The molecule has 0 aliphatic carbocycles. The van der Waals surface area contributed by atoms with Gasteiger partial charge in [-0.05, 0) is 48.7 Å². The number of amides is 1. The Hall–Kier alpha value is -2.04. The van der Waals surface area contributed by atoms with Gasteiger partial charge in [-0.3, -0.25) is 9.59 Å². The second-order valence-corrected chi connectivity index (χ2v) is 6.25. The van der Waals surface area contributed by atoms with E-state index in [0.717, 1.165) is 16.7 Å². The van der Waals surface area contributed by atoms with Crippen molar-refractivity contribution in [3.05, 3.63) is 63.1 Å². The van der Waals surface area contributed by atoms with Crippen molar-refractivity contribution in [2.24, 2.45) is 0 Å². The van der Waals surface area contributed by atoms with E-state index in [1.54, 1.807) is 12.1 Å². The highest BCUT2D eigenvalue weighted by molar-refractivity contribution is 6.42. The van der Waals surface area contributed by atoms with Crippen LogP contribution in [0.4, 0.5) is 5.69 Å². The highest BCUT2D eigenvalue weighted by atomic mass is 35.5. The second-order valence-electron chi connectivity index (χ2n) is 5.43. The van der Waals surface area contributed by atoms with Gasteiger partial charge in [0.05, 0.1) is 16.5 Å². The predicted octanol–water partition coefficient (Wildman–Crippen LogP) is 4.33. The number of carbonyl (C=O) groups is 2. The molecule has 0 spiro atoms. The number of carbonyl (C=O) groups excluding carboxylic acids is 2. The third-order valence-electron chi connectivity index (χ3n) is 3.49. The Balaban J connectivity index is 1.83. The summed E-state index contributed by atoms with van der Waals surface area (Å²) in [6.45, 7) is 3.63. The zero-order valence-corrected chi connectivity index (χ0v) is 14.9. The molecule has 0 aromatic heterocycles. The largest absolute Gasteiger partial charge is 0.455 e. The molecule has 0 atom stereocenters. The van der Waals surface area contributed by atoms with Crippen molar-refractivity contribution in [1.29, 1.82) is 0 Å². The lowest BCUT2D eigenvalue weighted by Gasteiger charge is -2.08. The molecule has 24 heavy (non-hydrogen) atoms. The third-order valence-corrected chi connectivity index (χ3v) is 4.23. The number of hydrogen-bond acceptors (Lipinski definition) is 3. The molecule has 0 bridgehead atoms. The van der Waals surface area contributed by atoms with Crippen molar-refractivity contribution in [3.63, 3.8) is 0 Å². The first kappa shape index (κ1) is 18.3. The van der Waals surface area contributed by atoms with E-state index in [9.17, 15) is 9.59 Å². The van der Waals surface area contributed by atoms with Gasteiger partial charge in [0.2, 0.25) is 0 Å². The molecule has 2 rings (SSSR count). The van der Waals surface area contributed by atoms with E-state index >= 15 is 0 Å². The minimum absolute atomic E-state index is 0.126. The van der Waals surface area contributed by atoms with Crippen LogP contribution in [0.3, 0.4) is 0 Å². The van der Waals surface area contributed by atoms with Crippen LogP contribution in [0.1, 0.15) is 16.7 Å². The summed E-state index contributed by atoms with van der Waals surface area (Å²) in [6, 6.07) is 10.5. The third kappa shape index (κ3) is 5.25. The van der Waals surface area contributed by atoms with Gasteiger partial charge in [-0.25, -0.2) is 0 Å². The SMILES string of the molecule is Cc1ccc(CC(=O)OCC(=O)Nc2ccc(Cl)c(Cl)c2)cc1C. The van der Waals surface area contributed by atoms with Crippen LogP contribution in [0, 0.1) is 13.8 Å². The molecule has 0 heterocycles. The zero-order chi connectivity index (χ0) is 17.7. The van der Waals surface area contributed by atoms with Crippen molar-refractivity contribution in [1.82, 2.24) is 0 Å². The summed E-state index contributed by atoms with van der Waals surface area (Å²) in [5.41, 5.74) is 3.61. The molecular weight excluding hydrogens is 349 g/mol. The fourth-order valence-electron chi connectivity index (χ4n) is 2.05. The van der Waals surface area contributed by atoms with Crippen molar-refractivity contribution in [2.75, 3.05) is 11.9 Å². The first-order valence-electron chi connectivity index (χ1n) is 7.32. The Kier molecular flexibility index (Phi) is 6.23. The Labute approximate surface area is 150 Å². The van der Waals surface area contributed by atoms with Crippen molar-refractivity contribution >= 4 is 40.8 Å². The Morgan fingerprint density at radius 2 is 1.75 bits per heavy atom. The average Bonchev–Trinajstić information content (AvgIpc) is 2.53. The van der Waals surface area contributed by atoms with Crippen LogP contribution in [0.15, 0.2) is 36.4 Å². The summed E-state index contributed by atoms with van der Waals surface area (Å²) in [7, 11) is 0. The zero-order valence-electron chi connectivity index (χ0n) is 13.4. The Bertz CT molecular complexity index is 709. The van der Waals surface area contributed by atoms with Crippen molar-refractivity contribution in [3.8, 4) is 0 Å². The molecule has 0 aliphatic rings. The molecular formula is C18H17Cl2NO3. The summed E-state index contributed by atoms with van der Waals surface area (Å²) in [5, 5.41) is 3.32. The highest BCUT2D eigenvalue weighted by Gasteiger charge is 2.10. The standard InChI is InChI=1S/C18H17Cl2NO3/c1-11-3-4-13(7-12(11)2)8-18(23)24-10-17(22)21-14-5-6-15(19)16(20)9-14/h3-7,9H,8,10H2,1-2H3,(H,21,22). The summed E-state index contributed by atoms with van der Waals surface area (Å²) in [5.74, 6) is -0.899. The lowest BCUT2D eigenvalue weighted by Crippen LogP contribution is -2.21. The van der Waals surface area contributed by atoms with Crippen LogP contribution in [0.5, 0.6) is 0 Å². The maximum atomic E-state index is 11.8. The van der Waals surface area contributed by atoms with Gasteiger partial charge in [-0.1, -0.05) is 41.4 Å². The molecule has 0 unspecified atom stereocenters. The predicted molar refractivity (Wildman–Crippen MR) is 95.7 cm³/mol. The first-order chi connectivity index (χ1) is 11.3. The van der Waals surface area contributed by atoms with Gasteiger partial charge in [0.15, 0.2) is 6.61 Å². The first-order valence-corrected chi connectivity index (χ1v) is 8.07. The average molecular weight is 366 g/mol. The van der Waals surface area contributed by atoms with Crippen LogP contribution in [-0.2, 0) is 20.7 Å². The van der Waals surface area contributed by atoms with Gasteiger partial charge < -0.3 is 10.1 Å². The number of esters is 1. The summed E-state index contributed by atoms with van der Waals surface area (Å²) in [4.78, 5) is 23.6. The maximum Gasteiger partial charge on any atom is 0.310 e. The van der Waals surface area contributed by atoms with Gasteiger partial charge in [-0.2, -0.15) is 0 Å². The van der Waals surface area contributed by atoms with Crippen LogP contribution in [0.25, 0.3) is 0 Å². The van der Waals surface area contributed by atoms with Gasteiger partial charge >= 0.3 is 5.97 Å². The number of ether oxygens (including phenoxy) is 1. The number of rotatable bonds is 5. The number of halogens is 2. The Morgan fingerprint density at radius 3 is 2.42 bits per heavy atom. The number of benzene rings is 2. The normalized spacial score (nSPS) is 10.3. The highest BCUT2D eigenvalue weighted by Crippen LogP contribution is 2.24. The van der Waals surface area contributed by atoms with E-state index < -0.39 is 11.9 Å². The fourth-order valence-corrected chi connectivity index (χ4v) is 2.35. The van der Waals surface area contributed by atoms with E-state index in [-0.39, 0.29) is 13.0 Å². The summed E-state index contributed by atoms with van der Waals surface area (Å²) >= 11 is 11.7. The molecule has 2 aromatic carbocycles. The monoisotopic (exact) mass is 365 g/mol. The van der Waals surface area contributed by atoms with E-state index in [0.29, 0.717) is 15.7 Å². The quantitative estimate of drug-likeness (QED) is 0.802. The number of nitrogens with one attached hydrogen (secondary N) is 1. The topological polar surface area (TPSA) is 55.4 Å². The number of anilines is 1. The molecule has 0 aliphatic heterocycles. The van der Waals surface area contributed by atoms with Gasteiger partial charge in [0.25, 0.3) is 5.91 Å². The van der Waals surface area contributed by atoms with Gasteiger partial charge in [-0.15, -0.1) is 0 Å². The van der Waals surface area contributed by atoms with Crippen molar-refractivity contribution < 1.29 is 14.3 Å². The minimum Gasteiger partial charge on any atom is -0.455 e. The molecule has 126 valence electrons. The minimum atomic E-state index is -0.456. The second kappa shape index (κ2) is 8.18. The van der Waals surface area contributed by atoms with Gasteiger partial charge in [0, 0.05) is 5.69 Å². The van der Waals surface area contributed by atoms with Gasteiger partial charge in [0.1, 0.15) is 0 Å². The molecule has 6 heteroatoms. The molecule has 4 nitrogen and oxygen atoms in total. The summed E-state index contributed by atoms with van der Waals surface area (Å²) in [6.07, 6.45) is 0.126. The van der Waals surface area contributed by atoms with E-state index in [4.69, 9.17) is 27.9 Å². The van der Waals surface area contributed by atoms with Crippen LogP contribution < -0.4 is 5.32 Å². The lowest BCUT2D eigenvalue weighted by molar-refractivity contribution is -0.146. The van der Waals surface area contributed by atoms with Crippen LogP contribution >= 0.6 is 23.2 Å². The van der Waals surface area contributed by atoms with Crippen LogP contribution in [-0.4, -0.2) is 18.5 Å². The Morgan fingerprint density at radius 1 is 1.00 bits per heavy atom. The molecule has 1 N–H and O–H groups in total. The maximum absolute atomic E-state index is 11.8. The molecule has 1 amide bonds. The molecule has 2 aromatic rings. The molecule has 0 radical (unpaired) electrons. The van der Waals surface area contributed by atoms with E-state index in [1.165, 1.54) is 6.07 Å². The molecule has 0 saturated carbocycles. The smallest absolute Gasteiger partial charge is 0.310 e. The number of aryl methyl sites for hydroxylation is 2. The molecule has 0 saturated heterocycles. The lowest BCUT2D eigenvalue weighted by atomic mass is 10.0. The molecule has 0 fully saturated rings. The van der Waals surface area contributed by atoms with Crippen molar-refractivity contribution in [2.45, 2.75) is 20.3 Å². The fraction of sp³-hybridized carbons (Fsp3) is 0.222.